The first-order valence-corrected chi connectivity index (χ1v) is 8.32. The molecule has 5 amide bonds. The summed E-state index contributed by atoms with van der Waals surface area (Å²) >= 11 is 0. The molecule has 0 spiro atoms. The molecule has 13 nitrogen and oxygen atoms in total. The minimum Gasteiger partial charge on any atom is -0.370 e. The van der Waals surface area contributed by atoms with Gasteiger partial charge >= 0.3 is 0 Å². The van der Waals surface area contributed by atoms with Gasteiger partial charge in [-0.05, 0) is 0 Å². The smallest absolute Gasteiger partial charge is 0.218 e. The summed E-state index contributed by atoms with van der Waals surface area (Å²) < 4.78 is 0. The number of rotatable bonds is 4. The largest absolute Gasteiger partial charge is 0.370 e. The van der Waals surface area contributed by atoms with Crippen molar-refractivity contribution in [3.63, 3.8) is 0 Å². The quantitative estimate of drug-likeness (QED) is 0.163. The Labute approximate surface area is 212 Å². The van der Waals surface area contributed by atoms with Crippen molar-refractivity contribution < 1.29 is 63.9 Å². The molecule has 0 aromatic carbocycles. The van der Waals surface area contributed by atoms with Crippen molar-refractivity contribution >= 4 is 29.5 Å². The van der Waals surface area contributed by atoms with E-state index < -0.39 is 0 Å². The van der Waals surface area contributed by atoms with E-state index in [9.17, 15) is 24.0 Å². The molecule has 13 N–H and O–H groups in total. The number of amides is 5. The Kier molecular flexibility index (Phi) is 65.1. The third kappa shape index (κ3) is 404. The van der Waals surface area contributed by atoms with Gasteiger partial charge < -0.3 is 44.6 Å². The Bertz CT molecular complexity index is 356. The molecule has 0 aromatic heterocycles. The topological polar surface area (TPSA) is 257 Å². The number of nitrogens with zero attached hydrogens (tertiary/aromatic N) is 1. The first-order chi connectivity index (χ1) is 13.0. The molecule has 0 rings (SSSR count). The van der Waals surface area contributed by atoms with Crippen LogP contribution in [0, 0.1) is 39.9 Å². The summed E-state index contributed by atoms with van der Waals surface area (Å²) in [6.07, 6.45) is 0. The van der Waals surface area contributed by atoms with Gasteiger partial charge in [-0.3, -0.25) is 24.0 Å². The summed E-state index contributed by atoms with van der Waals surface area (Å²) in [7, 11) is 3.45. The van der Waals surface area contributed by atoms with Gasteiger partial charge in [0.2, 0.25) is 29.5 Å². The zero-order chi connectivity index (χ0) is 25.0. The van der Waals surface area contributed by atoms with Crippen molar-refractivity contribution in [1.82, 2.24) is 10.2 Å². The molecule has 0 heterocycles. The van der Waals surface area contributed by atoms with Crippen molar-refractivity contribution in [2.75, 3.05) is 40.3 Å². The van der Waals surface area contributed by atoms with Crippen molar-refractivity contribution in [3.8, 4) is 0 Å². The van der Waals surface area contributed by atoms with Gasteiger partial charge in [-0.2, -0.15) is 0 Å². The van der Waals surface area contributed by atoms with E-state index in [2.05, 4.69) is 28.3 Å². The molecule has 0 aliphatic heterocycles. The number of nitrogens with two attached hydrogens (primary N) is 6. The van der Waals surface area contributed by atoms with Crippen LogP contribution in [0.4, 0.5) is 0 Å². The van der Waals surface area contributed by atoms with E-state index in [-0.39, 0.29) is 69.5 Å². The molecule has 0 aliphatic rings. The van der Waals surface area contributed by atoms with E-state index in [4.69, 9.17) is 11.5 Å². The number of carbonyl (C=O) groups is 5. The molecule has 184 valence electrons. The number of hydrogen-bond donors (Lipinski definition) is 7. The van der Waals surface area contributed by atoms with E-state index in [0.717, 1.165) is 13.1 Å². The summed E-state index contributed by atoms with van der Waals surface area (Å²) in [5, 5.41) is 3.03. The Balaban J connectivity index is -0.0000000428. The molecular formula is C16H42GdN8O5. The van der Waals surface area contributed by atoms with Gasteiger partial charge in [-0.25, -0.2) is 0 Å². The molecule has 0 fully saturated rings. The summed E-state index contributed by atoms with van der Waals surface area (Å²) in [6.45, 7) is 9.88. The van der Waals surface area contributed by atoms with Crippen LogP contribution in [0.15, 0.2) is 0 Å². The minimum absolute atomic E-state index is 0. The van der Waals surface area contributed by atoms with Crippen LogP contribution >= 0.6 is 0 Å². The molecule has 0 bridgehead atoms. The molecule has 14 heteroatoms. The van der Waals surface area contributed by atoms with E-state index >= 15 is 0 Å². The van der Waals surface area contributed by atoms with Crippen molar-refractivity contribution in [2.24, 2.45) is 34.4 Å². The molecule has 0 unspecified atom stereocenters. The van der Waals surface area contributed by atoms with Crippen LogP contribution < -0.4 is 39.7 Å². The summed E-state index contributed by atoms with van der Waals surface area (Å²) in [4.78, 5) is 48.5. The van der Waals surface area contributed by atoms with Gasteiger partial charge in [-0.15, -0.1) is 0 Å². The summed E-state index contributed by atoms with van der Waals surface area (Å²) in [6, 6.07) is 0. The average Bonchev–Trinajstić information content (AvgIpc) is 2.46. The summed E-state index contributed by atoms with van der Waals surface area (Å²) in [5.74, 6) is -1.24. The van der Waals surface area contributed by atoms with Gasteiger partial charge in [0.05, 0.1) is 0 Å². The first-order valence-electron chi connectivity index (χ1n) is 8.32. The second kappa shape index (κ2) is 41.8. The average molecular weight is 584 g/mol. The monoisotopic (exact) mass is 584 g/mol. The van der Waals surface area contributed by atoms with E-state index in [1.165, 1.54) is 39.5 Å². The van der Waals surface area contributed by atoms with Gasteiger partial charge in [0.15, 0.2) is 0 Å². The molecule has 0 saturated heterocycles. The maximum Gasteiger partial charge on any atom is 0.218 e. The van der Waals surface area contributed by atoms with Gasteiger partial charge in [0.25, 0.3) is 0 Å². The minimum atomic E-state index is -0.333. The van der Waals surface area contributed by atoms with E-state index in [1.807, 2.05) is 0 Å². The normalized spacial score (nSPS) is 7.10. The fourth-order valence-corrected chi connectivity index (χ4v) is 0.329. The molecule has 30 heavy (non-hydrogen) atoms. The third-order valence-electron chi connectivity index (χ3n) is 1.27. The zero-order valence-electron chi connectivity index (χ0n) is 19.1. The zero-order valence-corrected chi connectivity index (χ0v) is 21.4. The van der Waals surface area contributed by atoms with Gasteiger partial charge in [0.1, 0.15) is 0 Å². The van der Waals surface area contributed by atoms with Gasteiger partial charge in [0, 0.05) is 115 Å². The number of primary amides is 4. The number of carbonyl (C=O) groups excluding carboxylic acids is 5. The molecular weight excluding hydrogens is 541 g/mol. The van der Waals surface area contributed by atoms with Crippen molar-refractivity contribution in [2.45, 2.75) is 34.6 Å². The van der Waals surface area contributed by atoms with Crippen LogP contribution in [-0.2, 0) is 24.0 Å². The Morgan fingerprint density at radius 1 is 0.633 bits per heavy atom. The van der Waals surface area contributed by atoms with E-state index in [1.54, 1.807) is 14.1 Å². The fraction of sp³-hybridized carbons (Fsp3) is 0.688. The van der Waals surface area contributed by atoms with Crippen LogP contribution in [0.1, 0.15) is 34.6 Å². The van der Waals surface area contributed by atoms with Crippen LogP contribution in [0.3, 0.4) is 0 Å². The predicted octanol–water partition coefficient (Wildman–Crippen LogP) is -3.45. The third-order valence-corrected chi connectivity index (χ3v) is 1.27. The van der Waals surface area contributed by atoms with Gasteiger partial charge in [-0.1, -0.05) is 0 Å². The van der Waals surface area contributed by atoms with Crippen LogP contribution in [-0.4, -0.2) is 74.7 Å². The first kappa shape index (κ1) is 46.7. The second-order valence-electron chi connectivity index (χ2n) is 5.18. The maximum absolute atomic E-state index is 10.1. The molecule has 0 saturated carbocycles. The number of nitrogens with one attached hydrogen (secondary N) is 1. The number of hydrogen-bond acceptors (Lipinski definition) is 8. The molecule has 0 atom stereocenters. The standard InChI is InChI=1S/C4H13N3.C4H9NO.4C2H5NO.Gd/c5-1-3-7-4-2-6;1-4(6)5(2)3;4*1-2(3)4;/h7H,1-6H2;1-3H3;4*1H3,(H2,3,4);. The molecule has 0 radical (unpaired) electrons. The second-order valence-corrected chi connectivity index (χ2v) is 5.18. The van der Waals surface area contributed by atoms with E-state index in [0.29, 0.717) is 13.1 Å². The predicted molar refractivity (Wildman–Crippen MR) is 115 cm³/mol. The summed E-state index contributed by atoms with van der Waals surface area (Å²) in [5.41, 5.74) is 28.2. The SMILES string of the molecule is CC(=O)N(C)C.CC(N)=O.CC(N)=O.CC(N)=O.CC(N)=O.NCCNCCN.[Gd]. The Morgan fingerprint density at radius 2 is 0.767 bits per heavy atom. The molecule has 0 aliphatic carbocycles. The maximum atomic E-state index is 10.1. The van der Waals surface area contributed by atoms with Crippen molar-refractivity contribution in [1.29, 1.82) is 0 Å². The van der Waals surface area contributed by atoms with Crippen LogP contribution in [0.25, 0.3) is 0 Å². The van der Waals surface area contributed by atoms with Crippen molar-refractivity contribution in [3.05, 3.63) is 0 Å². The van der Waals surface area contributed by atoms with Crippen LogP contribution in [0.5, 0.6) is 0 Å². The van der Waals surface area contributed by atoms with Crippen LogP contribution in [0.2, 0.25) is 0 Å². The Morgan fingerprint density at radius 3 is 0.833 bits per heavy atom. The fourth-order valence-electron chi connectivity index (χ4n) is 0.329. The Hall–Kier alpha value is -1.45. The molecule has 0 aromatic rings.